The summed E-state index contributed by atoms with van der Waals surface area (Å²) in [7, 11) is 1.62. The van der Waals surface area contributed by atoms with E-state index in [1.54, 1.807) is 14.0 Å². The number of hydrogen-bond acceptors (Lipinski definition) is 3. The van der Waals surface area contributed by atoms with Crippen molar-refractivity contribution in [3.63, 3.8) is 0 Å². The molecule has 1 N–H and O–H groups in total. The molecular formula is C15H21NO2. The molecular weight excluding hydrogens is 226 g/mol. The second-order valence-corrected chi connectivity index (χ2v) is 4.85. The molecule has 2 atom stereocenters. The van der Waals surface area contributed by atoms with Crippen molar-refractivity contribution < 1.29 is 9.84 Å². The van der Waals surface area contributed by atoms with Crippen molar-refractivity contribution in [2.24, 2.45) is 5.92 Å². The first-order valence-electron chi connectivity index (χ1n) is 6.28. The largest absolute Gasteiger partial charge is 0.497 e. The molecule has 1 rings (SSSR count). The maximum absolute atomic E-state index is 10.4. The Morgan fingerprint density at radius 2 is 2.00 bits per heavy atom. The molecule has 98 valence electrons. The van der Waals surface area contributed by atoms with Gasteiger partial charge in [0.05, 0.1) is 24.7 Å². The Labute approximate surface area is 109 Å². The minimum absolute atomic E-state index is 0.329. The zero-order chi connectivity index (χ0) is 13.6. The third-order valence-corrected chi connectivity index (χ3v) is 3.20. The fraction of sp³-hybridized carbons (Fsp3) is 0.533. The van der Waals surface area contributed by atoms with Gasteiger partial charge in [0.25, 0.3) is 0 Å². The van der Waals surface area contributed by atoms with Gasteiger partial charge in [-0.3, -0.25) is 0 Å². The van der Waals surface area contributed by atoms with Crippen LogP contribution in [-0.4, -0.2) is 17.8 Å². The summed E-state index contributed by atoms with van der Waals surface area (Å²) in [5.74, 6) is 0.466. The van der Waals surface area contributed by atoms with E-state index < -0.39 is 5.60 Å². The third-order valence-electron chi connectivity index (χ3n) is 3.20. The Hall–Kier alpha value is -1.53. The molecule has 0 heterocycles. The van der Waals surface area contributed by atoms with Crippen LogP contribution in [0.2, 0.25) is 0 Å². The highest BCUT2D eigenvalue weighted by Gasteiger charge is 2.31. The molecule has 0 spiro atoms. The number of aliphatic hydroxyl groups is 1. The lowest BCUT2D eigenvalue weighted by atomic mass is 9.82. The normalized spacial score (nSPS) is 15.5. The molecule has 3 heteroatoms. The molecule has 0 amide bonds. The van der Waals surface area contributed by atoms with Crippen molar-refractivity contribution in [1.29, 1.82) is 5.26 Å². The van der Waals surface area contributed by atoms with Crippen molar-refractivity contribution in [1.82, 2.24) is 0 Å². The maximum atomic E-state index is 10.4. The van der Waals surface area contributed by atoms with E-state index >= 15 is 0 Å². The zero-order valence-corrected chi connectivity index (χ0v) is 11.3. The number of benzene rings is 1. The van der Waals surface area contributed by atoms with Crippen molar-refractivity contribution in [2.45, 2.75) is 38.7 Å². The number of nitrogens with zero attached hydrogens (tertiary/aromatic N) is 1. The first-order chi connectivity index (χ1) is 8.53. The van der Waals surface area contributed by atoms with Gasteiger partial charge in [0.2, 0.25) is 0 Å². The summed E-state index contributed by atoms with van der Waals surface area (Å²) in [5, 5.41) is 19.6. The quantitative estimate of drug-likeness (QED) is 0.841. The molecule has 0 aromatic heterocycles. The van der Waals surface area contributed by atoms with E-state index in [9.17, 15) is 5.11 Å². The predicted molar refractivity (Wildman–Crippen MR) is 71.3 cm³/mol. The van der Waals surface area contributed by atoms with Crippen LogP contribution in [-0.2, 0) is 6.42 Å². The topological polar surface area (TPSA) is 53.2 Å². The van der Waals surface area contributed by atoms with Gasteiger partial charge in [-0.05, 0) is 31.0 Å². The van der Waals surface area contributed by atoms with E-state index in [2.05, 4.69) is 6.07 Å². The number of methoxy groups -OCH3 is 1. The molecule has 1 aromatic rings. The van der Waals surface area contributed by atoms with Crippen molar-refractivity contribution in [3.05, 3.63) is 29.8 Å². The van der Waals surface area contributed by atoms with E-state index in [1.807, 2.05) is 31.2 Å². The summed E-state index contributed by atoms with van der Waals surface area (Å²) in [6, 6.07) is 9.80. The van der Waals surface area contributed by atoms with E-state index in [-0.39, 0.29) is 5.92 Å². The molecule has 0 aliphatic heterocycles. The summed E-state index contributed by atoms with van der Waals surface area (Å²) >= 11 is 0. The van der Waals surface area contributed by atoms with Crippen LogP contribution in [0.15, 0.2) is 24.3 Å². The molecule has 0 bridgehead atoms. The van der Waals surface area contributed by atoms with Gasteiger partial charge in [0.1, 0.15) is 5.75 Å². The van der Waals surface area contributed by atoms with Crippen molar-refractivity contribution in [2.75, 3.05) is 7.11 Å². The van der Waals surface area contributed by atoms with Crippen LogP contribution in [0.1, 0.15) is 32.3 Å². The molecule has 0 saturated heterocycles. The second-order valence-electron chi connectivity index (χ2n) is 4.85. The highest BCUT2D eigenvalue weighted by molar-refractivity contribution is 5.28. The molecule has 0 saturated carbocycles. The molecule has 2 unspecified atom stereocenters. The van der Waals surface area contributed by atoms with Crippen molar-refractivity contribution in [3.8, 4) is 11.8 Å². The molecule has 0 aliphatic carbocycles. The lowest BCUT2D eigenvalue weighted by molar-refractivity contribution is 0.0178. The fourth-order valence-corrected chi connectivity index (χ4v) is 2.08. The zero-order valence-electron chi connectivity index (χ0n) is 11.3. The van der Waals surface area contributed by atoms with Gasteiger partial charge >= 0.3 is 0 Å². The van der Waals surface area contributed by atoms with E-state index in [0.29, 0.717) is 6.42 Å². The molecule has 3 nitrogen and oxygen atoms in total. The molecule has 0 radical (unpaired) electrons. The summed E-state index contributed by atoms with van der Waals surface area (Å²) in [4.78, 5) is 0. The number of ether oxygens (including phenoxy) is 1. The molecule has 0 aliphatic rings. The van der Waals surface area contributed by atoms with Crippen LogP contribution >= 0.6 is 0 Å². The lowest BCUT2D eigenvalue weighted by Gasteiger charge is -2.28. The molecule has 1 aromatic carbocycles. The van der Waals surface area contributed by atoms with Crippen LogP contribution in [0.25, 0.3) is 0 Å². The third kappa shape index (κ3) is 3.75. The fourth-order valence-electron chi connectivity index (χ4n) is 2.08. The number of nitriles is 1. The first kappa shape index (κ1) is 14.5. The first-order valence-corrected chi connectivity index (χ1v) is 6.28. The van der Waals surface area contributed by atoms with Crippen LogP contribution in [0.3, 0.4) is 0 Å². The van der Waals surface area contributed by atoms with Gasteiger partial charge in [-0.1, -0.05) is 25.5 Å². The van der Waals surface area contributed by atoms with E-state index in [4.69, 9.17) is 10.00 Å². The molecule has 18 heavy (non-hydrogen) atoms. The predicted octanol–water partition coefficient (Wildman–Crippen LogP) is 2.93. The summed E-state index contributed by atoms with van der Waals surface area (Å²) in [5.41, 5.74) is 0.0245. The Morgan fingerprint density at radius 1 is 1.39 bits per heavy atom. The smallest absolute Gasteiger partial charge is 0.118 e. The number of hydrogen-bond donors (Lipinski definition) is 1. The standard InChI is InChI=1S/C15H21NO2/c1-4-5-13(11-16)15(2,17)10-12-6-8-14(18-3)9-7-12/h6-9,13,17H,4-5,10H2,1-3H3. The molecule has 0 fully saturated rings. The van der Waals surface area contributed by atoms with Gasteiger partial charge in [-0.15, -0.1) is 0 Å². The van der Waals surface area contributed by atoms with Gasteiger partial charge in [0, 0.05) is 6.42 Å². The lowest BCUT2D eigenvalue weighted by Crippen LogP contribution is -2.36. The SMILES string of the molecule is CCCC(C#N)C(C)(O)Cc1ccc(OC)cc1. The van der Waals surface area contributed by atoms with E-state index in [0.717, 1.165) is 24.2 Å². The van der Waals surface area contributed by atoms with Gasteiger partial charge in [0.15, 0.2) is 0 Å². The van der Waals surface area contributed by atoms with Crippen LogP contribution in [0.4, 0.5) is 0 Å². The maximum Gasteiger partial charge on any atom is 0.118 e. The highest BCUT2D eigenvalue weighted by Crippen LogP contribution is 2.26. The van der Waals surface area contributed by atoms with Gasteiger partial charge < -0.3 is 9.84 Å². The van der Waals surface area contributed by atoms with E-state index in [1.165, 1.54) is 0 Å². The minimum atomic E-state index is -0.987. The van der Waals surface area contributed by atoms with Gasteiger partial charge in [-0.25, -0.2) is 0 Å². The average molecular weight is 247 g/mol. The Bertz CT molecular complexity index is 403. The number of rotatable bonds is 6. The summed E-state index contributed by atoms with van der Waals surface area (Å²) in [6.07, 6.45) is 2.10. The monoisotopic (exact) mass is 247 g/mol. The van der Waals surface area contributed by atoms with Crippen LogP contribution in [0, 0.1) is 17.2 Å². The average Bonchev–Trinajstić information content (AvgIpc) is 2.36. The van der Waals surface area contributed by atoms with Crippen LogP contribution in [0.5, 0.6) is 5.75 Å². The van der Waals surface area contributed by atoms with Gasteiger partial charge in [-0.2, -0.15) is 5.26 Å². The highest BCUT2D eigenvalue weighted by atomic mass is 16.5. The van der Waals surface area contributed by atoms with Crippen molar-refractivity contribution >= 4 is 0 Å². The summed E-state index contributed by atoms with van der Waals surface area (Å²) in [6.45, 7) is 3.76. The second kappa shape index (κ2) is 6.42. The Kier molecular flexibility index (Phi) is 5.18. The Morgan fingerprint density at radius 3 is 2.44 bits per heavy atom. The Balaban J connectivity index is 2.77. The van der Waals surface area contributed by atoms with Crippen LogP contribution < -0.4 is 4.74 Å². The minimum Gasteiger partial charge on any atom is -0.497 e. The summed E-state index contributed by atoms with van der Waals surface area (Å²) < 4.78 is 5.09.